The predicted molar refractivity (Wildman–Crippen MR) is 127 cm³/mol. The molecule has 7 heteroatoms. The van der Waals surface area contributed by atoms with Crippen molar-refractivity contribution < 1.29 is 14.7 Å². The van der Waals surface area contributed by atoms with Crippen molar-refractivity contribution in [1.29, 1.82) is 0 Å². The highest BCUT2D eigenvalue weighted by molar-refractivity contribution is 7.21. The maximum atomic E-state index is 13.0. The largest absolute Gasteiger partial charge is 0.478 e. The lowest BCUT2D eigenvalue weighted by molar-refractivity contribution is 0.0696. The molecule has 0 aliphatic heterocycles. The molecule has 0 bridgehead atoms. The Hall–Kier alpha value is -2.86. The SMILES string of the molecule is O=C(O)c1ccc(NCc2ccc(Cl)cc2)cc1CC(=O)c1sc2ccccc2c1Cl. The number of nitrogens with one attached hydrogen (secondary N) is 1. The third-order valence-corrected chi connectivity index (χ3v) is 6.85. The Labute approximate surface area is 193 Å². The van der Waals surface area contributed by atoms with Gasteiger partial charge in [-0.25, -0.2) is 4.79 Å². The van der Waals surface area contributed by atoms with Crippen molar-refractivity contribution in [2.45, 2.75) is 13.0 Å². The lowest BCUT2D eigenvalue weighted by atomic mass is 10.0. The second-order valence-corrected chi connectivity index (χ2v) is 8.86. The van der Waals surface area contributed by atoms with Crippen LogP contribution in [0.5, 0.6) is 0 Å². The second-order valence-electron chi connectivity index (χ2n) is 7.00. The molecule has 156 valence electrons. The van der Waals surface area contributed by atoms with E-state index < -0.39 is 5.97 Å². The fraction of sp³-hybridized carbons (Fsp3) is 0.0833. The van der Waals surface area contributed by atoms with Gasteiger partial charge in [0.25, 0.3) is 0 Å². The quantitative estimate of drug-likeness (QED) is 0.287. The summed E-state index contributed by atoms with van der Waals surface area (Å²) in [5.41, 5.74) is 2.29. The van der Waals surface area contributed by atoms with E-state index in [9.17, 15) is 14.7 Å². The van der Waals surface area contributed by atoms with Crippen molar-refractivity contribution in [3.8, 4) is 0 Å². The highest BCUT2D eigenvalue weighted by atomic mass is 35.5. The number of carboxylic acids is 1. The van der Waals surface area contributed by atoms with Crippen LogP contribution < -0.4 is 5.32 Å². The van der Waals surface area contributed by atoms with Gasteiger partial charge in [-0.2, -0.15) is 0 Å². The van der Waals surface area contributed by atoms with E-state index in [-0.39, 0.29) is 17.8 Å². The number of carbonyl (C=O) groups is 2. The Morgan fingerprint density at radius 2 is 1.71 bits per heavy atom. The Morgan fingerprint density at radius 3 is 2.42 bits per heavy atom. The summed E-state index contributed by atoms with van der Waals surface area (Å²) in [5.74, 6) is -1.28. The highest BCUT2D eigenvalue weighted by Gasteiger charge is 2.20. The van der Waals surface area contributed by atoms with Crippen LogP contribution in [0.3, 0.4) is 0 Å². The summed E-state index contributed by atoms with van der Waals surface area (Å²) in [6, 6.07) is 19.9. The van der Waals surface area contributed by atoms with Crippen LogP contribution >= 0.6 is 34.5 Å². The van der Waals surface area contributed by atoms with E-state index in [1.807, 2.05) is 48.5 Å². The molecular formula is C24H17Cl2NO3S. The van der Waals surface area contributed by atoms with Crippen molar-refractivity contribution in [2.75, 3.05) is 5.32 Å². The van der Waals surface area contributed by atoms with Crippen LogP contribution in [0.4, 0.5) is 5.69 Å². The molecule has 0 aliphatic carbocycles. The molecule has 3 aromatic carbocycles. The Kier molecular flexibility index (Phi) is 6.28. The predicted octanol–water partition coefficient (Wildman–Crippen LogP) is 6.94. The number of fused-ring (bicyclic) bond motifs is 1. The number of carboxylic acid groups (broad SMARTS) is 1. The van der Waals surface area contributed by atoms with Crippen LogP contribution in [0, 0.1) is 0 Å². The van der Waals surface area contributed by atoms with E-state index in [4.69, 9.17) is 23.2 Å². The molecule has 31 heavy (non-hydrogen) atoms. The van der Waals surface area contributed by atoms with Gasteiger partial charge in [0.2, 0.25) is 0 Å². The summed E-state index contributed by atoms with van der Waals surface area (Å²) in [5, 5.41) is 14.7. The molecule has 0 saturated carbocycles. The molecule has 0 unspecified atom stereocenters. The van der Waals surface area contributed by atoms with Crippen LogP contribution in [0.25, 0.3) is 10.1 Å². The van der Waals surface area contributed by atoms with Gasteiger partial charge in [0.15, 0.2) is 5.78 Å². The standard InChI is InChI=1S/C24H17Cl2NO3S/c25-16-7-5-14(6-8-16)13-27-17-9-10-18(24(29)30)15(11-17)12-20(28)23-22(26)19-3-1-2-4-21(19)31-23/h1-11,27H,12-13H2,(H,29,30). The number of thiophene rings is 1. The molecule has 0 amide bonds. The van der Waals surface area contributed by atoms with Crippen LogP contribution in [-0.2, 0) is 13.0 Å². The number of aromatic carboxylic acids is 1. The third-order valence-electron chi connectivity index (χ3n) is 4.88. The summed E-state index contributed by atoms with van der Waals surface area (Å²) in [6.45, 7) is 0.541. The van der Waals surface area contributed by atoms with Crippen molar-refractivity contribution in [2.24, 2.45) is 0 Å². The van der Waals surface area contributed by atoms with Crippen LogP contribution in [0.15, 0.2) is 66.7 Å². The van der Waals surface area contributed by atoms with Crippen molar-refractivity contribution in [3.05, 3.63) is 98.3 Å². The number of ketones is 1. The average Bonchev–Trinajstić information content (AvgIpc) is 3.10. The zero-order chi connectivity index (χ0) is 22.0. The number of hydrogen-bond donors (Lipinski definition) is 2. The first-order valence-electron chi connectivity index (χ1n) is 9.47. The number of anilines is 1. The van der Waals surface area contributed by atoms with E-state index >= 15 is 0 Å². The second kappa shape index (κ2) is 9.10. The summed E-state index contributed by atoms with van der Waals surface area (Å²) >= 11 is 13.7. The van der Waals surface area contributed by atoms with Crippen LogP contribution in [-0.4, -0.2) is 16.9 Å². The number of rotatable bonds is 7. The molecule has 0 saturated heterocycles. The summed E-state index contributed by atoms with van der Waals surface area (Å²) in [6.07, 6.45) is -0.0510. The number of benzene rings is 3. The number of halogens is 2. The normalized spacial score (nSPS) is 10.9. The molecule has 0 aliphatic rings. The number of hydrogen-bond acceptors (Lipinski definition) is 4. The van der Waals surface area contributed by atoms with Crippen molar-refractivity contribution in [3.63, 3.8) is 0 Å². The molecular weight excluding hydrogens is 453 g/mol. The first kappa shape index (κ1) is 21.4. The van der Waals surface area contributed by atoms with Gasteiger partial charge in [0.05, 0.1) is 15.5 Å². The first-order chi connectivity index (χ1) is 14.9. The molecule has 1 heterocycles. The molecule has 1 aromatic heterocycles. The van der Waals surface area contributed by atoms with Gasteiger partial charge < -0.3 is 10.4 Å². The Morgan fingerprint density at radius 1 is 0.968 bits per heavy atom. The monoisotopic (exact) mass is 469 g/mol. The van der Waals surface area contributed by atoms with E-state index in [2.05, 4.69) is 5.32 Å². The maximum absolute atomic E-state index is 13.0. The van der Waals surface area contributed by atoms with Gasteiger partial charge >= 0.3 is 5.97 Å². The van der Waals surface area contributed by atoms with Gasteiger partial charge in [-0.05, 0) is 47.5 Å². The molecule has 0 atom stereocenters. The molecule has 4 nitrogen and oxygen atoms in total. The van der Waals surface area contributed by atoms with E-state index in [1.54, 1.807) is 12.1 Å². The first-order valence-corrected chi connectivity index (χ1v) is 11.0. The van der Waals surface area contributed by atoms with Gasteiger partial charge in [0, 0.05) is 33.8 Å². The lowest BCUT2D eigenvalue weighted by Crippen LogP contribution is -2.10. The minimum absolute atomic E-state index is 0.0510. The molecule has 0 radical (unpaired) electrons. The molecule has 4 rings (SSSR count). The highest BCUT2D eigenvalue weighted by Crippen LogP contribution is 2.36. The smallest absolute Gasteiger partial charge is 0.335 e. The van der Waals surface area contributed by atoms with Crippen molar-refractivity contribution >= 4 is 62.1 Å². The molecule has 0 spiro atoms. The fourth-order valence-corrected chi connectivity index (χ4v) is 4.91. The van der Waals surface area contributed by atoms with E-state index in [0.29, 0.717) is 27.0 Å². The molecule has 0 fully saturated rings. The van der Waals surface area contributed by atoms with Crippen LogP contribution in [0.2, 0.25) is 10.0 Å². The minimum Gasteiger partial charge on any atom is -0.478 e. The van der Waals surface area contributed by atoms with Crippen LogP contribution in [0.1, 0.15) is 31.2 Å². The van der Waals surface area contributed by atoms with Gasteiger partial charge in [-0.1, -0.05) is 53.5 Å². The van der Waals surface area contributed by atoms with E-state index in [0.717, 1.165) is 21.3 Å². The average molecular weight is 470 g/mol. The van der Waals surface area contributed by atoms with Gasteiger partial charge in [-0.15, -0.1) is 11.3 Å². The number of carbonyl (C=O) groups excluding carboxylic acids is 1. The Bertz CT molecular complexity index is 1280. The molecule has 4 aromatic rings. The van der Waals surface area contributed by atoms with Gasteiger partial charge in [-0.3, -0.25) is 4.79 Å². The third kappa shape index (κ3) is 4.74. The zero-order valence-electron chi connectivity index (χ0n) is 16.2. The topological polar surface area (TPSA) is 66.4 Å². The summed E-state index contributed by atoms with van der Waals surface area (Å²) < 4.78 is 0.924. The number of Topliss-reactive ketones (excluding diaryl/α,β-unsaturated/α-hetero) is 1. The van der Waals surface area contributed by atoms with E-state index in [1.165, 1.54) is 17.4 Å². The summed E-state index contributed by atoms with van der Waals surface area (Å²) in [4.78, 5) is 25.1. The zero-order valence-corrected chi connectivity index (χ0v) is 18.5. The Balaban J connectivity index is 1.58. The minimum atomic E-state index is -1.07. The maximum Gasteiger partial charge on any atom is 0.335 e. The van der Waals surface area contributed by atoms with Crippen molar-refractivity contribution in [1.82, 2.24) is 0 Å². The lowest BCUT2D eigenvalue weighted by Gasteiger charge is -2.11. The summed E-state index contributed by atoms with van der Waals surface area (Å²) in [7, 11) is 0. The molecule has 2 N–H and O–H groups in total. The van der Waals surface area contributed by atoms with Gasteiger partial charge in [0.1, 0.15) is 0 Å². The fourth-order valence-electron chi connectivity index (χ4n) is 3.31.